The highest BCUT2D eigenvalue weighted by Gasteiger charge is 2.31. The van der Waals surface area contributed by atoms with Crippen LogP contribution in [0.5, 0.6) is 5.75 Å². The van der Waals surface area contributed by atoms with Crippen molar-refractivity contribution in [2.75, 3.05) is 13.1 Å². The van der Waals surface area contributed by atoms with Crippen molar-refractivity contribution in [3.8, 4) is 5.75 Å². The first-order valence-corrected chi connectivity index (χ1v) is 14.3. The molecule has 0 radical (unpaired) electrons. The Bertz CT molecular complexity index is 1090. The molecule has 0 spiro atoms. The maximum absolute atomic E-state index is 13.5. The van der Waals surface area contributed by atoms with Gasteiger partial charge in [-0.25, -0.2) is 9.59 Å². The van der Waals surface area contributed by atoms with Crippen molar-refractivity contribution in [2.24, 2.45) is 5.92 Å². The molecule has 40 heavy (non-hydrogen) atoms. The van der Waals surface area contributed by atoms with E-state index in [1.54, 1.807) is 25.7 Å². The summed E-state index contributed by atoms with van der Waals surface area (Å²) in [6.07, 6.45) is 3.74. The number of nitrogens with one attached hydrogen (secondary N) is 2. The van der Waals surface area contributed by atoms with Crippen LogP contribution in [0.15, 0.2) is 54.6 Å². The van der Waals surface area contributed by atoms with Gasteiger partial charge in [0.25, 0.3) is 0 Å². The first kappa shape index (κ1) is 31.0. The lowest BCUT2D eigenvalue weighted by Crippen LogP contribution is -2.56. The fraction of sp³-hybridized carbons (Fsp3) is 0.531. The molecule has 1 aliphatic rings. The topological polar surface area (TPSA) is 97.0 Å². The summed E-state index contributed by atoms with van der Waals surface area (Å²) >= 11 is 0. The predicted octanol–water partition coefficient (Wildman–Crippen LogP) is 5.24. The predicted molar refractivity (Wildman–Crippen MR) is 156 cm³/mol. The van der Waals surface area contributed by atoms with E-state index in [0.717, 1.165) is 30.4 Å². The number of rotatable bonds is 11. The van der Waals surface area contributed by atoms with E-state index >= 15 is 0 Å². The van der Waals surface area contributed by atoms with Crippen molar-refractivity contribution in [3.05, 3.63) is 65.7 Å². The molecule has 0 bridgehead atoms. The molecule has 2 unspecified atom stereocenters. The molecule has 1 saturated heterocycles. The number of hydrogen-bond acceptors (Lipinski definition) is 5. The first-order chi connectivity index (χ1) is 19.0. The molecule has 2 atom stereocenters. The molecule has 1 fully saturated rings. The van der Waals surface area contributed by atoms with Gasteiger partial charge in [-0.2, -0.15) is 0 Å². The molecule has 8 nitrogen and oxygen atoms in total. The summed E-state index contributed by atoms with van der Waals surface area (Å²) in [5.74, 6) is -0.0302. The lowest BCUT2D eigenvalue weighted by Gasteiger charge is -2.30. The Morgan fingerprint density at radius 3 is 2.10 bits per heavy atom. The average Bonchev–Trinajstić information content (AvgIpc) is 2.91. The number of piperidine rings is 1. The molecule has 1 heterocycles. The average molecular weight is 552 g/mol. The molecule has 0 aromatic heterocycles. The second-order valence-electron chi connectivity index (χ2n) is 11.9. The third-order valence-corrected chi connectivity index (χ3v) is 6.58. The minimum absolute atomic E-state index is 0.167. The normalized spacial score (nSPS) is 15.2. The molecule has 1 aliphatic heterocycles. The summed E-state index contributed by atoms with van der Waals surface area (Å²) in [5.41, 5.74) is 1.21. The Morgan fingerprint density at radius 1 is 0.850 bits per heavy atom. The minimum Gasteiger partial charge on any atom is -0.489 e. The molecule has 2 aromatic carbocycles. The van der Waals surface area contributed by atoms with Gasteiger partial charge in [-0.15, -0.1) is 0 Å². The van der Waals surface area contributed by atoms with Gasteiger partial charge in [-0.1, -0.05) is 56.3 Å². The van der Waals surface area contributed by atoms with E-state index in [1.807, 2.05) is 68.4 Å². The van der Waals surface area contributed by atoms with Crippen molar-refractivity contribution >= 4 is 17.9 Å². The Morgan fingerprint density at radius 2 is 1.50 bits per heavy atom. The van der Waals surface area contributed by atoms with Crippen LogP contribution >= 0.6 is 0 Å². The van der Waals surface area contributed by atoms with Gasteiger partial charge in [0.05, 0.1) is 0 Å². The summed E-state index contributed by atoms with van der Waals surface area (Å²) < 4.78 is 11.5. The summed E-state index contributed by atoms with van der Waals surface area (Å²) in [5, 5.41) is 5.80. The molecular formula is C32H45N3O5. The van der Waals surface area contributed by atoms with Gasteiger partial charge in [0.2, 0.25) is 5.91 Å². The van der Waals surface area contributed by atoms with Gasteiger partial charge >= 0.3 is 12.0 Å². The number of nitrogens with zero attached hydrogens (tertiary/aromatic N) is 1. The number of ether oxygens (including phenoxy) is 2. The van der Waals surface area contributed by atoms with E-state index in [9.17, 15) is 14.4 Å². The van der Waals surface area contributed by atoms with Crippen LogP contribution in [0, 0.1) is 5.92 Å². The van der Waals surface area contributed by atoms with Crippen LogP contribution in [-0.2, 0) is 27.4 Å². The van der Waals surface area contributed by atoms with Crippen molar-refractivity contribution in [1.29, 1.82) is 0 Å². The van der Waals surface area contributed by atoms with Crippen LogP contribution in [0.4, 0.5) is 4.79 Å². The number of carbonyl (C=O) groups excluding carboxylic acids is 3. The van der Waals surface area contributed by atoms with Crippen LogP contribution in [0.25, 0.3) is 0 Å². The van der Waals surface area contributed by atoms with E-state index in [2.05, 4.69) is 10.6 Å². The number of benzene rings is 2. The monoisotopic (exact) mass is 551 g/mol. The lowest BCUT2D eigenvalue weighted by molar-refractivity contribution is -0.158. The van der Waals surface area contributed by atoms with Gasteiger partial charge < -0.3 is 25.0 Å². The van der Waals surface area contributed by atoms with Crippen LogP contribution in [-0.4, -0.2) is 53.6 Å². The highest BCUT2D eigenvalue weighted by Crippen LogP contribution is 2.18. The number of hydrogen-bond donors (Lipinski definition) is 2. The third kappa shape index (κ3) is 10.5. The molecule has 0 aliphatic carbocycles. The number of amides is 3. The van der Waals surface area contributed by atoms with E-state index in [0.29, 0.717) is 31.9 Å². The quantitative estimate of drug-likeness (QED) is 0.372. The number of esters is 1. The molecule has 8 heteroatoms. The second kappa shape index (κ2) is 14.7. The largest absolute Gasteiger partial charge is 0.489 e. The van der Waals surface area contributed by atoms with Crippen LogP contribution < -0.4 is 15.4 Å². The van der Waals surface area contributed by atoms with Crippen molar-refractivity contribution in [3.63, 3.8) is 0 Å². The molecule has 3 amide bonds. The third-order valence-electron chi connectivity index (χ3n) is 6.58. The Kier molecular flexibility index (Phi) is 11.4. The molecular weight excluding hydrogens is 506 g/mol. The molecule has 2 N–H and O–H groups in total. The highest BCUT2D eigenvalue weighted by atomic mass is 16.6. The Balaban J connectivity index is 1.69. The van der Waals surface area contributed by atoms with Crippen molar-refractivity contribution in [2.45, 2.75) is 91.0 Å². The van der Waals surface area contributed by atoms with E-state index in [4.69, 9.17) is 9.47 Å². The summed E-state index contributed by atoms with van der Waals surface area (Å²) in [6, 6.07) is 15.5. The molecule has 218 valence electrons. The fourth-order valence-electron chi connectivity index (χ4n) is 4.58. The molecule has 3 rings (SSSR count). The summed E-state index contributed by atoms with van der Waals surface area (Å²) in [4.78, 5) is 41.3. The van der Waals surface area contributed by atoms with Gasteiger partial charge in [0, 0.05) is 19.5 Å². The fourth-order valence-corrected chi connectivity index (χ4v) is 4.58. The zero-order valence-corrected chi connectivity index (χ0v) is 24.6. The molecule has 0 saturated carbocycles. The first-order valence-electron chi connectivity index (χ1n) is 14.3. The van der Waals surface area contributed by atoms with Gasteiger partial charge in [-0.3, -0.25) is 4.79 Å². The van der Waals surface area contributed by atoms with Gasteiger partial charge in [0.1, 0.15) is 30.0 Å². The Hall–Kier alpha value is -3.55. The maximum Gasteiger partial charge on any atom is 0.329 e. The number of carbonyl (C=O) groups is 3. The second-order valence-corrected chi connectivity index (χ2v) is 11.9. The van der Waals surface area contributed by atoms with Crippen molar-refractivity contribution < 1.29 is 23.9 Å². The summed E-state index contributed by atoms with van der Waals surface area (Å²) in [7, 11) is 0. The molecule has 2 aromatic rings. The van der Waals surface area contributed by atoms with Gasteiger partial charge in [0.15, 0.2) is 0 Å². The SMILES string of the molecule is CC(C)CC(NC(=O)N1CCCCC1)C(=O)NC(Cc1ccc(OCc2ccccc2)cc1)C(=O)OC(C)(C)C. The van der Waals surface area contributed by atoms with E-state index in [1.165, 1.54) is 0 Å². The van der Waals surface area contributed by atoms with Crippen molar-refractivity contribution in [1.82, 2.24) is 15.5 Å². The Labute approximate surface area is 238 Å². The highest BCUT2D eigenvalue weighted by molar-refractivity contribution is 5.90. The van der Waals surface area contributed by atoms with E-state index < -0.39 is 29.6 Å². The zero-order chi connectivity index (χ0) is 29.1. The maximum atomic E-state index is 13.5. The van der Waals surface area contributed by atoms with Crippen LogP contribution in [0.2, 0.25) is 0 Å². The van der Waals surface area contributed by atoms with E-state index in [-0.39, 0.29) is 18.4 Å². The zero-order valence-electron chi connectivity index (χ0n) is 24.6. The van der Waals surface area contributed by atoms with Crippen LogP contribution in [0.3, 0.4) is 0 Å². The standard InChI is InChI=1S/C32H45N3O5/c1-23(2)20-27(34-31(38)35-18-10-7-11-19-35)29(36)33-28(30(37)40-32(3,4)5)21-24-14-16-26(17-15-24)39-22-25-12-8-6-9-13-25/h6,8-9,12-17,23,27-28H,7,10-11,18-22H2,1-5H3,(H,33,36)(H,34,38). The van der Waals surface area contributed by atoms with Gasteiger partial charge in [-0.05, 0) is 75.6 Å². The summed E-state index contributed by atoms with van der Waals surface area (Å²) in [6.45, 7) is 11.2. The number of likely N-dealkylation sites (tertiary alicyclic amines) is 1. The van der Waals surface area contributed by atoms with Crippen LogP contribution in [0.1, 0.15) is 71.4 Å². The number of urea groups is 1. The minimum atomic E-state index is -0.913. The lowest BCUT2D eigenvalue weighted by atomic mass is 10.0. The smallest absolute Gasteiger partial charge is 0.329 e.